The number of ether oxygens (including phenoxy) is 1. The predicted octanol–water partition coefficient (Wildman–Crippen LogP) is 4.86. The monoisotopic (exact) mass is 375 g/mol. The first-order chi connectivity index (χ1) is 13.6. The van der Waals surface area contributed by atoms with E-state index in [4.69, 9.17) is 4.74 Å². The van der Waals surface area contributed by atoms with Gasteiger partial charge in [-0.25, -0.2) is 0 Å². The van der Waals surface area contributed by atoms with Crippen molar-refractivity contribution in [1.82, 2.24) is 0 Å². The maximum Gasteiger partial charge on any atom is 0.269 e. The molecule has 4 rings (SSSR count). The molecule has 6 nitrogen and oxygen atoms in total. The number of anilines is 2. The van der Waals surface area contributed by atoms with Gasteiger partial charge in [-0.2, -0.15) is 0 Å². The molecule has 1 heterocycles. The lowest BCUT2D eigenvalue weighted by molar-refractivity contribution is -0.384. The van der Waals surface area contributed by atoms with Gasteiger partial charge in [0.05, 0.1) is 11.6 Å². The van der Waals surface area contributed by atoms with Crippen LogP contribution >= 0.6 is 0 Å². The quantitative estimate of drug-likeness (QED) is 0.481. The molecule has 0 aromatic heterocycles. The summed E-state index contributed by atoms with van der Waals surface area (Å²) in [7, 11) is 0. The zero-order chi connectivity index (χ0) is 19.5. The lowest BCUT2D eigenvalue weighted by Crippen LogP contribution is -2.48. The molecule has 1 atom stereocenters. The van der Waals surface area contributed by atoms with Gasteiger partial charge in [-0.05, 0) is 43.3 Å². The fourth-order valence-corrected chi connectivity index (χ4v) is 3.33. The van der Waals surface area contributed by atoms with Gasteiger partial charge in [-0.1, -0.05) is 35.9 Å². The minimum absolute atomic E-state index is 0.0763. The van der Waals surface area contributed by atoms with Crippen LogP contribution < -0.4 is 9.80 Å². The molecule has 3 aromatic rings. The maximum absolute atomic E-state index is 11.0. The predicted molar refractivity (Wildman–Crippen MR) is 109 cm³/mol. The van der Waals surface area contributed by atoms with Crippen molar-refractivity contribution in [1.29, 1.82) is 0 Å². The summed E-state index contributed by atoms with van der Waals surface area (Å²) in [6, 6.07) is 25.0. The minimum Gasteiger partial charge on any atom is -0.334 e. The Morgan fingerprint density at radius 2 is 1.61 bits per heavy atom. The molecule has 0 amide bonds. The van der Waals surface area contributed by atoms with Crippen molar-refractivity contribution in [2.75, 3.05) is 23.2 Å². The summed E-state index contributed by atoms with van der Waals surface area (Å²) in [6.45, 7) is 3.14. The van der Waals surface area contributed by atoms with E-state index >= 15 is 0 Å². The number of hydrogen-bond acceptors (Lipinski definition) is 5. The first-order valence-electron chi connectivity index (χ1n) is 9.11. The highest BCUT2D eigenvalue weighted by atomic mass is 16.6. The van der Waals surface area contributed by atoms with Crippen LogP contribution in [0.4, 0.5) is 17.1 Å². The molecule has 0 bridgehead atoms. The van der Waals surface area contributed by atoms with Crippen molar-refractivity contribution < 1.29 is 9.66 Å². The standard InChI is InChI=1S/C22H21N3O3/c1-17-7-11-20(12-8-17)24-15-23(19-5-3-2-4-6-19)16-28-22(24)18-9-13-21(14-10-18)25(26)27/h2-14,22H,15-16H2,1H3. The number of para-hydroxylation sites is 1. The topological polar surface area (TPSA) is 58.8 Å². The Balaban J connectivity index is 1.66. The van der Waals surface area contributed by atoms with E-state index in [1.54, 1.807) is 12.1 Å². The molecule has 0 spiro atoms. The summed E-state index contributed by atoms with van der Waals surface area (Å²) >= 11 is 0. The molecular weight excluding hydrogens is 354 g/mol. The molecule has 6 heteroatoms. The lowest BCUT2D eigenvalue weighted by atomic mass is 10.1. The van der Waals surface area contributed by atoms with E-state index in [0.29, 0.717) is 13.4 Å². The lowest BCUT2D eigenvalue weighted by Gasteiger charge is -2.43. The Morgan fingerprint density at radius 3 is 2.25 bits per heavy atom. The van der Waals surface area contributed by atoms with Gasteiger partial charge in [-0.3, -0.25) is 10.1 Å². The fraction of sp³-hybridized carbons (Fsp3) is 0.182. The molecule has 1 fully saturated rings. The van der Waals surface area contributed by atoms with Gasteiger partial charge in [0, 0.05) is 29.1 Å². The molecule has 0 saturated carbocycles. The number of benzene rings is 3. The average molecular weight is 375 g/mol. The first kappa shape index (κ1) is 18.0. The Kier molecular flexibility index (Phi) is 4.95. The highest BCUT2D eigenvalue weighted by molar-refractivity contribution is 5.54. The van der Waals surface area contributed by atoms with Crippen molar-refractivity contribution in [2.45, 2.75) is 13.2 Å². The van der Waals surface area contributed by atoms with E-state index in [-0.39, 0.29) is 16.8 Å². The van der Waals surface area contributed by atoms with Crippen LogP contribution in [0.5, 0.6) is 0 Å². The summed E-state index contributed by atoms with van der Waals surface area (Å²) in [5, 5.41) is 11.0. The second kappa shape index (κ2) is 7.70. The van der Waals surface area contributed by atoms with Crippen molar-refractivity contribution >= 4 is 17.1 Å². The van der Waals surface area contributed by atoms with Crippen LogP contribution in [0.25, 0.3) is 0 Å². The van der Waals surface area contributed by atoms with E-state index in [1.807, 2.05) is 18.2 Å². The molecule has 1 aliphatic heterocycles. The smallest absolute Gasteiger partial charge is 0.269 e. The number of non-ortho nitro benzene ring substituents is 1. The van der Waals surface area contributed by atoms with E-state index < -0.39 is 0 Å². The summed E-state index contributed by atoms with van der Waals surface area (Å²) < 4.78 is 6.21. The van der Waals surface area contributed by atoms with Gasteiger partial charge < -0.3 is 14.5 Å². The third kappa shape index (κ3) is 3.68. The van der Waals surface area contributed by atoms with Crippen LogP contribution in [0.2, 0.25) is 0 Å². The minimum atomic E-state index is -0.389. The Morgan fingerprint density at radius 1 is 0.929 bits per heavy atom. The van der Waals surface area contributed by atoms with Gasteiger partial charge in [0.15, 0.2) is 6.23 Å². The number of aryl methyl sites for hydroxylation is 1. The van der Waals surface area contributed by atoms with Crippen LogP contribution in [0.3, 0.4) is 0 Å². The summed E-state index contributed by atoms with van der Waals surface area (Å²) in [6.07, 6.45) is -0.316. The molecule has 142 valence electrons. The maximum atomic E-state index is 11.0. The second-order valence-electron chi connectivity index (χ2n) is 6.82. The van der Waals surface area contributed by atoms with Crippen molar-refractivity contribution in [2.24, 2.45) is 0 Å². The van der Waals surface area contributed by atoms with Crippen LogP contribution in [0.15, 0.2) is 78.9 Å². The number of rotatable bonds is 4. The molecule has 1 unspecified atom stereocenters. The summed E-state index contributed by atoms with van der Waals surface area (Å²) in [5.74, 6) is 0. The molecule has 0 aliphatic carbocycles. The van der Waals surface area contributed by atoms with Crippen LogP contribution in [0.1, 0.15) is 17.4 Å². The normalized spacial score (nSPS) is 16.8. The van der Waals surface area contributed by atoms with Crippen LogP contribution in [-0.2, 0) is 4.74 Å². The van der Waals surface area contributed by atoms with Gasteiger partial charge in [-0.15, -0.1) is 0 Å². The molecular formula is C22H21N3O3. The summed E-state index contributed by atoms with van der Waals surface area (Å²) in [5.41, 5.74) is 4.27. The number of nitro benzene ring substituents is 1. The van der Waals surface area contributed by atoms with E-state index in [9.17, 15) is 10.1 Å². The molecule has 3 aromatic carbocycles. The Labute approximate surface area is 163 Å². The Bertz CT molecular complexity index is 943. The highest BCUT2D eigenvalue weighted by Crippen LogP contribution is 2.34. The van der Waals surface area contributed by atoms with E-state index in [1.165, 1.54) is 17.7 Å². The SMILES string of the molecule is Cc1ccc(N2CN(c3ccccc3)COC2c2ccc([N+](=O)[O-])cc2)cc1. The molecule has 1 saturated heterocycles. The molecule has 0 radical (unpaired) electrons. The van der Waals surface area contributed by atoms with Gasteiger partial charge in [0.25, 0.3) is 5.69 Å². The number of nitrogens with zero attached hydrogens (tertiary/aromatic N) is 3. The third-order valence-electron chi connectivity index (χ3n) is 4.87. The van der Waals surface area contributed by atoms with Crippen LogP contribution in [-0.4, -0.2) is 18.3 Å². The van der Waals surface area contributed by atoms with Crippen molar-refractivity contribution in [3.8, 4) is 0 Å². The van der Waals surface area contributed by atoms with E-state index in [2.05, 4.69) is 53.1 Å². The number of nitro groups is 1. The molecule has 28 heavy (non-hydrogen) atoms. The number of hydrogen-bond donors (Lipinski definition) is 0. The summed E-state index contributed by atoms with van der Waals surface area (Å²) in [4.78, 5) is 14.9. The second-order valence-corrected chi connectivity index (χ2v) is 6.82. The zero-order valence-electron chi connectivity index (χ0n) is 15.6. The van der Waals surface area contributed by atoms with Gasteiger partial charge >= 0.3 is 0 Å². The highest BCUT2D eigenvalue weighted by Gasteiger charge is 2.29. The van der Waals surface area contributed by atoms with E-state index in [0.717, 1.165) is 16.9 Å². The largest absolute Gasteiger partial charge is 0.334 e. The molecule has 0 N–H and O–H groups in total. The zero-order valence-corrected chi connectivity index (χ0v) is 15.6. The molecule has 1 aliphatic rings. The van der Waals surface area contributed by atoms with Crippen molar-refractivity contribution in [3.05, 3.63) is 100 Å². The van der Waals surface area contributed by atoms with Gasteiger partial charge in [0.2, 0.25) is 0 Å². The fourth-order valence-electron chi connectivity index (χ4n) is 3.33. The first-order valence-corrected chi connectivity index (χ1v) is 9.11. The van der Waals surface area contributed by atoms with Gasteiger partial charge in [0.1, 0.15) is 6.73 Å². The van der Waals surface area contributed by atoms with Crippen molar-refractivity contribution in [3.63, 3.8) is 0 Å². The van der Waals surface area contributed by atoms with Crippen LogP contribution in [0, 0.1) is 17.0 Å². The average Bonchev–Trinajstić information content (AvgIpc) is 2.74. The Hall–Kier alpha value is -3.38. The third-order valence-corrected chi connectivity index (χ3v) is 4.87.